The van der Waals surface area contributed by atoms with Gasteiger partial charge >= 0.3 is 0 Å². The van der Waals surface area contributed by atoms with Crippen molar-refractivity contribution in [3.8, 4) is 0 Å². The Hall–Kier alpha value is -3.25. The number of aryl methyl sites for hydroxylation is 2. The van der Waals surface area contributed by atoms with Gasteiger partial charge < -0.3 is 10.3 Å². The molecule has 6 heteroatoms. The maximum absolute atomic E-state index is 12.4. The number of nitrogens with one attached hydrogen (secondary N) is 2. The number of fused-ring (bicyclic) bond motifs is 3. The van der Waals surface area contributed by atoms with E-state index in [4.69, 9.17) is 0 Å². The lowest BCUT2D eigenvalue weighted by Crippen LogP contribution is -2.28. The Morgan fingerprint density at radius 2 is 2.00 bits per heavy atom. The highest BCUT2D eigenvalue weighted by Gasteiger charge is 2.19. The number of carbonyl (C=O) groups is 1. The van der Waals surface area contributed by atoms with Crippen LogP contribution in [0.25, 0.3) is 16.5 Å². The van der Waals surface area contributed by atoms with Crippen molar-refractivity contribution in [1.29, 1.82) is 0 Å². The van der Waals surface area contributed by atoms with Gasteiger partial charge in [-0.3, -0.25) is 14.5 Å². The molecule has 164 valence electrons. The molecule has 0 atom stereocenters. The van der Waals surface area contributed by atoms with Gasteiger partial charge in [0.15, 0.2) is 0 Å². The van der Waals surface area contributed by atoms with Crippen molar-refractivity contribution >= 4 is 22.4 Å². The molecule has 3 aromatic rings. The summed E-state index contributed by atoms with van der Waals surface area (Å²) in [7, 11) is 1.62. The molecule has 2 aliphatic rings. The van der Waals surface area contributed by atoms with Crippen LogP contribution >= 0.6 is 0 Å². The highest BCUT2D eigenvalue weighted by Crippen LogP contribution is 2.28. The molecule has 1 amide bonds. The van der Waals surface area contributed by atoms with E-state index in [1.54, 1.807) is 13.1 Å². The molecule has 0 spiro atoms. The number of benzene rings is 1. The van der Waals surface area contributed by atoms with Gasteiger partial charge in [0, 0.05) is 48.8 Å². The van der Waals surface area contributed by atoms with Gasteiger partial charge in [-0.2, -0.15) is 0 Å². The fourth-order valence-corrected chi connectivity index (χ4v) is 5.06. The Morgan fingerprint density at radius 3 is 2.75 bits per heavy atom. The van der Waals surface area contributed by atoms with Gasteiger partial charge in [0.1, 0.15) is 5.69 Å². The average Bonchev–Trinajstić information content (AvgIpc) is 3.30. The van der Waals surface area contributed by atoms with E-state index in [1.165, 1.54) is 22.1 Å². The third-order valence-electron chi connectivity index (χ3n) is 6.74. The van der Waals surface area contributed by atoms with Crippen LogP contribution in [0.1, 0.15) is 51.3 Å². The molecule has 32 heavy (non-hydrogen) atoms. The van der Waals surface area contributed by atoms with Crippen LogP contribution in [-0.2, 0) is 19.4 Å². The first-order valence-corrected chi connectivity index (χ1v) is 11.3. The van der Waals surface area contributed by atoms with Crippen molar-refractivity contribution in [3.63, 3.8) is 0 Å². The molecule has 0 saturated heterocycles. The summed E-state index contributed by atoms with van der Waals surface area (Å²) in [5.41, 5.74) is 8.22. The molecule has 1 aliphatic heterocycles. The molecule has 0 bridgehead atoms. The predicted molar refractivity (Wildman–Crippen MR) is 127 cm³/mol. The molecule has 1 aromatic carbocycles. The van der Waals surface area contributed by atoms with Crippen LogP contribution < -0.4 is 10.9 Å². The molecular weight excluding hydrogens is 400 g/mol. The molecule has 0 radical (unpaired) electrons. The van der Waals surface area contributed by atoms with Crippen molar-refractivity contribution in [2.24, 2.45) is 0 Å². The average molecular weight is 429 g/mol. The summed E-state index contributed by atoms with van der Waals surface area (Å²) in [6.45, 7) is 4.64. The number of carbonyl (C=O) groups excluding carboxylic acids is 1. The Labute approximate surface area is 187 Å². The van der Waals surface area contributed by atoms with Crippen molar-refractivity contribution in [2.45, 2.75) is 39.2 Å². The minimum Gasteiger partial charge on any atom is -0.354 e. The first-order chi connectivity index (χ1) is 15.5. The monoisotopic (exact) mass is 428 g/mol. The van der Waals surface area contributed by atoms with Crippen molar-refractivity contribution in [2.75, 3.05) is 20.1 Å². The van der Waals surface area contributed by atoms with Crippen molar-refractivity contribution in [3.05, 3.63) is 80.4 Å². The lowest BCUT2D eigenvalue weighted by molar-refractivity contribution is 0.0958. The molecule has 1 aliphatic carbocycles. The Kier molecular flexibility index (Phi) is 5.39. The van der Waals surface area contributed by atoms with Gasteiger partial charge in [-0.15, -0.1) is 0 Å². The number of rotatable bonds is 4. The molecule has 2 aromatic heterocycles. The Morgan fingerprint density at radius 1 is 1.16 bits per heavy atom. The third kappa shape index (κ3) is 3.75. The van der Waals surface area contributed by atoms with Crippen LogP contribution in [0, 0.1) is 6.92 Å². The number of amides is 1. The SMILES string of the molecule is CNC(=O)c1ccc(C2=CCN(Cc3ccc4c5c(c(=O)[nH]c4c3)CCC5)CC2)c(C)n1. The van der Waals surface area contributed by atoms with Gasteiger partial charge in [0.05, 0.1) is 0 Å². The molecular formula is C26H28N4O2. The smallest absolute Gasteiger partial charge is 0.269 e. The first-order valence-electron chi connectivity index (χ1n) is 11.3. The number of aromatic nitrogens is 2. The van der Waals surface area contributed by atoms with Crippen LogP contribution in [0.3, 0.4) is 0 Å². The summed E-state index contributed by atoms with van der Waals surface area (Å²) in [6.07, 6.45) is 6.19. The summed E-state index contributed by atoms with van der Waals surface area (Å²) in [5, 5.41) is 3.82. The molecule has 2 N–H and O–H groups in total. The first kappa shape index (κ1) is 20.6. The predicted octanol–water partition coefficient (Wildman–Crippen LogP) is 3.37. The molecule has 0 saturated carbocycles. The quantitative estimate of drug-likeness (QED) is 0.668. The maximum atomic E-state index is 12.4. The number of nitrogens with zero attached hydrogens (tertiary/aromatic N) is 2. The van der Waals surface area contributed by atoms with E-state index in [1.807, 2.05) is 13.0 Å². The summed E-state index contributed by atoms with van der Waals surface area (Å²) in [6, 6.07) is 10.3. The highest BCUT2D eigenvalue weighted by molar-refractivity contribution is 5.92. The van der Waals surface area contributed by atoms with E-state index in [0.717, 1.165) is 67.7 Å². The number of hydrogen-bond acceptors (Lipinski definition) is 4. The van der Waals surface area contributed by atoms with Gasteiger partial charge in [0.25, 0.3) is 11.5 Å². The lowest BCUT2D eigenvalue weighted by Gasteiger charge is -2.27. The molecule has 3 heterocycles. The normalized spacial score (nSPS) is 16.1. The van der Waals surface area contributed by atoms with Crippen LogP contribution in [0.5, 0.6) is 0 Å². The standard InChI is InChI=1S/C26H28N4O2/c1-16-19(8-9-23(28-16)26(32)27-2)18-10-12-30(13-11-18)15-17-6-7-21-20-4-3-5-22(20)25(31)29-24(21)14-17/h6-10,14H,3-5,11-13,15H2,1-2H3,(H,27,32)(H,29,31). The van der Waals surface area contributed by atoms with E-state index in [2.05, 4.69) is 44.5 Å². The second-order valence-corrected chi connectivity index (χ2v) is 8.77. The Balaban J connectivity index is 1.31. The number of aromatic amines is 1. The largest absolute Gasteiger partial charge is 0.354 e. The minimum absolute atomic E-state index is 0.0825. The van der Waals surface area contributed by atoms with Gasteiger partial charge in [0.2, 0.25) is 0 Å². The number of pyridine rings is 2. The maximum Gasteiger partial charge on any atom is 0.269 e. The molecule has 0 unspecified atom stereocenters. The van der Waals surface area contributed by atoms with E-state index >= 15 is 0 Å². The van der Waals surface area contributed by atoms with Crippen LogP contribution in [0.15, 0.2) is 41.2 Å². The summed E-state index contributed by atoms with van der Waals surface area (Å²) >= 11 is 0. The molecule has 5 rings (SSSR count). The van der Waals surface area contributed by atoms with E-state index in [0.29, 0.717) is 5.69 Å². The zero-order chi connectivity index (χ0) is 22.2. The number of H-pyrrole nitrogens is 1. The van der Waals surface area contributed by atoms with E-state index in [-0.39, 0.29) is 11.5 Å². The van der Waals surface area contributed by atoms with E-state index < -0.39 is 0 Å². The zero-order valence-corrected chi connectivity index (χ0v) is 18.6. The van der Waals surface area contributed by atoms with Crippen molar-refractivity contribution < 1.29 is 4.79 Å². The fourth-order valence-electron chi connectivity index (χ4n) is 5.06. The zero-order valence-electron chi connectivity index (χ0n) is 18.6. The second kappa shape index (κ2) is 8.36. The summed E-state index contributed by atoms with van der Waals surface area (Å²) < 4.78 is 0. The van der Waals surface area contributed by atoms with Crippen molar-refractivity contribution in [1.82, 2.24) is 20.2 Å². The highest BCUT2D eigenvalue weighted by atomic mass is 16.1. The summed E-state index contributed by atoms with van der Waals surface area (Å²) in [4.78, 5) is 34.2. The van der Waals surface area contributed by atoms with Gasteiger partial charge in [-0.1, -0.05) is 24.3 Å². The minimum atomic E-state index is -0.162. The van der Waals surface area contributed by atoms with Crippen LogP contribution in [-0.4, -0.2) is 40.9 Å². The number of hydrogen-bond donors (Lipinski definition) is 2. The molecule has 6 nitrogen and oxygen atoms in total. The van der Waals surface area contributed by atoms with E-state index in [9.17, 15) is 9.59 Å². The summed E-state index contributed by atoms with van der Waals surface area (Å²) in [5.74, 6) is -0.162. The third-order valence-corrected chi connectivity index (χ3v) is 6.74. The topological polar surface area (TPSA) is 78.1 Å². The Bertz CT molecular complexity index is 1310. The fraction of sp³-hybridized carbons (Fsp3) is 0.346. The molecule has 0 fully saturated rings. The van der Waals surface area contributed by atoms with Crippen LogP contribution in [0.2, 0.25) is 0 Å². The second-order valence-electron chi connectivity index (χ2n) is 8.77. The van der Waals surface area contributed by atoms with Gasteiger partial charge in [-0.25, -0.2) is 4.98 Å². The van der Waals surface area contributed by atoms with Gasteiger partial charge in [-0.05, 0) is 67.0 Å². The van der Waals surface area contributed by atoms with Crippen LogP contribution in [0.4, 0.5) is 0 Å². The lowest BCUT2D eigenvalue weighted by atomic mass is 9.97.